The summed E-state index contributed by atoms with van der Waals surface area (Å²) in [7, 11) is 3.15. The molecule has 23 heavy (non-hydrogen) atoms. The molecule has 0 atom stereocenters. The Balaban J connectivity index is 2.51. The van der Waals surface area contributed by atoms with Crippen LogP contribution in [0.4, 0.5) is 5.69 Å². The van der Waals surface area contributed by atoms with Gasteiger partial charge in [-0.3, -0.25) is 9.59 Å². The number of nitrogens with one attached hydrogen (secondary N) is 1. The summed E-state index contributed by atoms with van der Waals surface area (Å²) in [5.41, 5.74) is 3.97. The van der Waals surface area contributed by atoms with Crippen molar-refractivity contribution in [3.63, 3.8) is 0 Å². The fourth-order valence-corrected chi connectivity index (χ4v) is 2.27. The van der Waals surface area contributed by atoms with Gasteiger partial charge in [0.15, 0.2) is 0 Å². The average molecular weight is 322 g/mol. The molecule has 128 valence electrons. The van der Waals surface area contributed by atoms with Crippen LogP contribution in [-0.2, 0) is 19.1 Å². The molecule has 0 aliphatic carbocycles. The Bertz CT molecular complexity index is 535. The van der Waals surface area contributed by atoms with Crippen molar-refractivity contribution < 1.29 is 19.1 Å². The highest BCUT2D eigenvalue weighted by Gasteiger charge is 2.14. The number of carbonyl (C=O) groups is 2. The zero-order valence-corrected chi connectivity index (χ0v) is 14.6. The lowest BCUT2D eigenvalue weighted by atomic mass is 10.1. The van der Waals surface area contributed by atoms with E-state index in [9.17, 15) is 9.59 Å². The second-order valence-corrected chi connectivity index (χ2v) is 5.62. The Morgan fingerprint density at radius 2 is 1.74 bits per heavy atom. The highest BCUT2D eigenvalue weighted by Crippen LogP contribution is 2.21. The molecule has 0 unspecified atom stereocenters. The summed E-state index contributed by atoms with van der Waals surface area (Å²) in [6.07, 6.45) is 0. The summed E-state index contributed by atoms with van der Waals surface area (Å²) < 4.78 is 9.99. The summed E-state index contributed by atoms with van der Waals surface area (Å²) in [6.45, 7) is 6.63. The van der Waals surface area contributed by atoms with E-state index in [0.717, 1.165) is 22.4 Å². The van der Waals surface area contributed by atoms with Crippen LogP contribution < -0.4 is 5.32 Å². The smallest absolute Gasteiger partial charge is 0.248 e. The van der Waals surface area contributed by atoms with Crippen LogP contribution in [0.5, 0.6) is 0 Å². The van der Waals surface area contributed by atoms with Gasteiger partial charge in [0, 0.05) is 19.8 Å². The lowest BCUT2D eigenvalue weighted by Gasteiger charge is -2.18. The fourth-order valence-electron chi connectivity index (χ4n) is 2.27. The fraction of sp³-hybridized carbons (Fsp3) is 0.529. The van der Waals surface area contributed by atoms with Crippen molar-refractivity contribution in [3.05, 3.63) is 28.8 Å². The van der Waals surface area contributed by atoms with Gasteiger partial charge in [0.2, 0.25) is 11.8 Å². The Hall–Kier alpha value is -1.92. The van der Waals surface area contributed by atoms with E-state index in [2.05, 4.69) is 5.32 Å². The minimum Gasteiger partial charge on any atom is -0.382 e. The number of methoxy groups -OCH3 is 1. The van der Waals surface area contributed by atoms with Crippen molar-refractivity contribution in [2.75, 3.05) is 45.8 Å². The largest absolute Gasteiger partial charge is 0.382 e. The molecule has 6 heteroatoms. The Morgan fingerprint density at radius 1 is 1.13 bits per heavy atom. The normalized spacial score (nSPS) is 10.5. The molecule has 1 rings (SSSR count). The molecule has 0 radical (unpaired) electrons. The van der Waals surface area contributed by atoms with Crippen LogP contribution in [0.25, 0.3) is 0 Å². The first-order chi connectivity index (χ1) is 10.8. The van der Waals surface area contributed by atoms with Crippen LogP contribution in [0.2, 0.25) is 0 Å². The molecule has 0 spiro atoms. The molecule has 0 saturated heterocycles. The van der Waals surface area contributed by atoms with Gasteiger partial charge in [-0.05, 0) is 31.9 Å². The molecule has 0 aliphatic heterocycles. The zero-order valence-electron chi connectivity index (χ0n) is 14.6. The van der Waals surface area contributed by atoms with Gasteiger partial charge in [-0.2, -0.15) is 0 Å². The maximum Gasteiger partial charge on any atom is 0.248 e. The molecule has 0 aromatic heterocycles. The predicted molar refractivity (Wildman–Crippen MR) is 89.6 cm³/mol. The summed E-state index contributed by atoms with van der Waals surface area (Å²) in [4.78, 5) is 25.3. The monoisotopic (exact) mass is 322 g/mol. The Morgan fingerprint density at radius 3 is 2.30 bits per heavy atom. The maximum atomic E-state index is 12.1. The van der Waals surface area contributed by atoms with Crippen LogP contribution in [0.1, 0.15) is 16.7 Å². The highest BCUT2D eigenvalue weighted by molar-refractivity contribution is 5.95. The quantitative estimate of drug-likeness (QED) is 0.739. The molecule has 1 aromatic rings. The molecule has 1 aromatic carbocycles. The van der Waals surface area contributed by atoms with Gasteiger partial charge < -0.3 is 19.7 Å². The van der Waals surface area contributed by atoms with E-state index in [4.69, 9.17) is 9.47 Å². The first-order valence-electron chi connectivity index (χ1n) is 7.53. The van der Waals surface area contributed by atoms with Crippen molar-refractivity contribution in [2.24, 2.45) is 0 Å². The van der Waals surface area contributed by atoms with E-state index in [-0.39, 0.29) is 25.0 Å². The van der Waals surface area contributed by atoms with Crippen molar-refractivity contribution in [3.8, 4) is 0 Å². The lowest BCUT2D eigenvalue weighted by Crippen LogP contribution is -2.37. The number of hydrogen-bond donors (Lipinski definition) is 1. The average Bonchev–Trinajstić information content (AvgIpc) is 2.47. The molecule has 1 N–H and O–H groups in total. The van der Waals surface area contributed by atoms with E-state index in [1.807, 2.05) is 32.9 Å². The third-order valence-electron chi connectivity index (χ3n) is 3.41. The molecule has 0 saturated carbocycles. The van der Waals surface area contributed by atoms with E-state index < -0.39 is 0 Å². The molecular weight excluding hydrogens is 296 g/mol. The first kappa shape index (κ1) is 19.1. The van der Waals surface area contributed by atoms with Crippen molar-refractivity contribution >= 4 is 17.5 Å². The molecule has 0 heterocycles. The van der Waals surface area contributed by atoms with Crippen LogP contribution in [0, 0.1) is 20.8 Å². The van der Waals surface area contributed by atoms with E-state index in [0.29, 0.717) is 13.2 Å². The third-order valence-corrected chi connectivity index (χ3v) is 3.41. The molecular formula is C17H26N2O4. The topological polar surface area (TPSA) is 67.9 Å². The minimum atomic E-state index is -0.242. The van der Waals surface area contributed by atoms with Gasteiger partial charge in [-0.25, -0.2) is 0 Å². The van der Waals surface area contributed by atoms with E-state index in [1.54, 1.807) is 14.2 Å². The summed E-state index contributed by atoms with van der Waals surface area (Å²) >= 11 is 0. The molecule has 6 nitrogen and oxygen atoms in total. The third kappa shape index (κ3) is 6.38. The van der Waals surface area contributed by atoms with Crippen molar-refractivity contribution in [1.29, 1.82) is 0 Å². The van der Waals surface area contributed by atoms with Crippen molar-refractivity contribution in [1.82, 2.24) is 4.90 Å². The number of aryl methyl sites for hydroxylation is 3. The standard InChI is InChI=1S/C17H26N2O4/c1-12-8-13(2)17(14(3)9-12)18-15(20)10-19(4)16(21)11-23-7-6-22-5/h8-9H,6-7,10-11H2,1-5H3,(H,18,20). The minimum absolute atomic E-state index is 0.0147. The van der Waals surface area contributed by atoms with E-state index >= 15 is 0 Å². The number of rotatable bonds is 8. The highest BCUT2D eigenvalue weighted by atomic mass is 16.5. The van der Waals surface area contributed by atoms with Gasteiger partial charge in [0.05, 0.1) is 19.8 Å². The molecule has 0 aliphatic rings. The second kappa shape index (κ2) is 9.27. The predicted octanol–water partition coefficient (Wildman–Crippen LogP) is 1.67. The number of ether oxygens (including phenoxy) is 2. The van der Waals surface area contributed by atoms with Gasteiger partial charge in [-0.1, -0.05) is 17.7 Å². The molecule has 2 amide bonds. The number of carbonyl (C=O) groups excluding carboxylic acids is 2. The summed E-state index contributed by atoms with van der Waals surface area (Å²) in [5.74, 6) is -0.471. The molecule has 0 fully saturated rings. The SMILES string of the molecule is COCCOCC(=O)N(C)CC(=O)Nc1c(C)cc(C)cc1C. The van der Waals surface area contributed by atoms with Crippen LogP contribution in [0.3, 0.4) is 0 Å². The number of hydrogen-bond acceptors (Lipinski definition) is 4. The number of amides is 2. The first-order valence-corrected chi connectivity index (χ1v) is 7.53. The Labute approximate surface area is 137 Å². The van der Waals surface area contributed by atoms with Crippen molar-refractivity contribution in [2.45, 2.75) is 20.8 Å². The maximum absolute atomic E-state index is 12.1. The lowest BCUT2D eigenvalue weighted by molar-refractivity contribution is -0.137. The zero-order chi connectivity index (χ0) is 17.4. The van der Waals surface area contributed by atoms with Gasteiger partial charge in [0.1, 0.15) is 6.61 Å². The van der Waals surface area contributed by atoms with E-state index in [1.165, 1.54) is 4.90 Å². The number of nitrogens with zero attached hydrogens (tertiary/aromatic N) is 1. The summed E-state index contributed by atoms with van der Waals surface area (Å²) in [6, 6.07) is 4.03. The number of anilines is 1. The number of benzene rings is 1. The van der Waals surface area contributed by atoms with Crippen LogP contribution >= 0.6 is 0 Å². The number of likely N-dealkylation sites (N-methyl/N-ethyl adjacent to an activating group) is 1. The summed E-state index contributed by atoms with van der Waals surface area (Å²) in [5, 5.41) is 2.87. The van der Waals surface area contributed by atoms with Gasteiger partial charge >= 0.3 is 0 Å². The second-order valence-electron chi connectivity index (χ2n) is 5.62. The van der Waals surface area contributed by atoms with Crippen LogP contribution in [-0.4, -0.2) is 57.2 Å². The molecule has 0 bridgehead atoms. The van der Waals surface area contributed by atoms with Crippen LogP contribution in [0.15, 0.2) is 12.1 Å². The van der Waals surface area contributed by atoms with Gasteiger partial charge in [0.25, 0.3) is 0 Å². The van der Waals surface area contributed by atoms with Gasteiger partial charge in [-0.15, -0.1) is 0 Å². The Kier molecular flexibility index (Phi) is 7.71.